The molecule has 8 nitrogen and oxygen atoms in total. The molecule has 4 rings (SSSR count). The van der Waals surface area contributed by atoms with Gasteiger partial charge < -0.3 is 0 Å². The van der Waals surface area contributed by atoms with Crippen LogP contribution in [0.4, 0.5) is 5.69 Å². The normalized spacial score (nSPS) is 11.4. The highest BCUT2D eigenvalue weighted by atomic mass is 32.1. The van der Waals surface area contributed by atoms with E-state index in [4.69, 9.17) is 0 Å². The van der Waals surface area contributed by atoms with Gasteiger partial charge in [-0.3, -0.25) is 15.1 Å². The standard InChI is InChI=1S/C16H10N6O2S/c23-22(24)13-4-1-11(2-5-13)3-6-14-20-21-15(18-19-16(21)25-14)12-7-9-17-10-8-12/h1-10H. The lowest BCUT2D eigenvalue weighted by atomic mass is 10.2. The SMILES string of the molecule is O=[N+]([O-])c1ccc(C=Cc2nn3c(-c4ccncc4)nnc3s2)cc1. The number of nitro benzene ring substituents is 1. The predicted molar refractivity (Wildman–Crippen MR) is 93.9 cm³/mol. The number of nitro groups is 1. The van der Waals surface area contributed by atoms with Crippen molar-refractivity contribution in [3.63, 3.8) is 0 Å². The molecule has 0 bridgehead atoms. The summed E-state index contributed by atoms with van der Waals surface area (Å²) in [5, 5.41) is 24.2. The lowest BCUT2D eigenvalue weighted by Gasteiger charge is -1.94. The molecule has 122 valence electrons. The number of pyridine rings is 1. The summed E-state index contributed by atoms with van der Waals surface area (Å²) in [4.78, 5) is 14.9. The highest BCUT2D eigenvalue weighted by Crippen LogP contribution is 2.22. The quantitative estimate of drug-likeness (QED) is 0.413. The number of fused-ring (bicyclic) bond motifs is 1. The second-order valence-corrected chi connectivity index (χ2v) is 6.06. The number of benzene rings is 1. The van der Waals surface area contributed by atoms with E-state index in [-0.39, 0.29) is 5.69 Å². The van der Waals surface area contributed by atoms with Crippen molar-refractivity contribution in [3.8, 4) is 11.4 Å². The first-order valence-corrected chi connectivity index (χ1v) is 8.07. The van der Waals surface area contributed by atoms with E-state index in [1.54, 1.807) is 29.0 Å². The fraction of sp³-hybridized carbons (Fsp3) is 0. The molecule has 0 spiro atoms. The van der Waals surface area contributed by atoms with E-state index >= 15 is 0 Å². The highest BCUT2D eigenvalue weighted by Gasteiger charge is 2.12. The third-order valence-electron chi connectivity index (χ3n) is 3.47. The molecule has 0 atom stereocenters. The van der Waals surface area contributed by atoms with E-state index in [1.165, 1.54) is 23.5 Å². The average molecular weight is 350 g/mol. The van der Waals surface area contributed by atoms with Gasteiger partial charge in [-0.15, -0.1) is 10.2 Å². The zero-order valence-corrected chi connectivity index (χ0v) is 13.5. The minimum absolute atomic E-state index is 0.0675. The van der Waals surface area contributed by atoms with Crippen LogP contribution in [0.25, 0.3) is 28.5 Å². The Balaban J connectivity index is 1.62. The molecule has 0 N–H and O–H groups in total. The van der Waals surface area contributed by atoms with Crippen LogP contribution < -0.4 is 0 Å². The van der Waals surface area contributed by atoms with E-state index < -0.39 is 4.92 Å². The molecule has 3 aromatic heterocycles. The smallest absolute Gasteiger partial charge is 0.265 e. The first-order chi connectivity index (χ1) is 12.2. The first kappa shape index (κ1) is 15.1. The van der Waals surface area contributed by atoms with Crippen LogP contribution in [-0.4, -0.2) is 29.7 Å². The van der Waals surface area contributed by atoms with Crippen LogP contribution in [-0.2, 0) is 0 Å². The summed E-state index contributed by atoms with van der Waals surface area (Å²) in [6.07, 6.45) is 7.08. The molecule has 0 aliphatic rings. The largest absolute Gasteiger partial charge is 0.269 e. The number of nitrogens with zero attached hydrogens (tertiary/aromatic N) is 6. The van der Waals surface area contributed by atoms with Gasteiger partial charge in [0.25, 0.3) is 5.69 Å². The Morgan fingerprint density at radius 3 is 2.52 bits per heavy atom. The second kappa shape index (κ2) is 6.21. The van der Waals surface area contributed by atoms with Crippen LogP contribution in [0.5, 0.6) is 0 Å². The topological polar surface area (TPSA) is 99.1 Å². The van der Waals surface area contributed by atoms with E-state index in [0.29, 0.717) is 10.8 Å². The van der Waals surface area contributed by atoms with Crippen molar-refractivity contribution in [2.75, 3.05) is 0 Å². The van der Waals surface area contributed by atoms with Gasteiger partial charge in [0.05, 0.1) is 4.92 Å². The van der Waals surface area contributed by atoms with E-state index in [1.807, 2.05) is 24.3 Å². The Morgan fingerprint density at radius 2 is 1.80 bits per heavy atom. The molecular weight excluding hydrogens is 340 g/mol. The van der Waals surface area contributed by atoms with Gasteiger partial charge in [-0.05, 0) is 35.9 Å². The van der Waals surface area contributed by atoms with Crippen molar-refractivity contribution in [1.82, 2.24) is 24.8 Å². The number of rotatable bonds is 4. The summed E-state index contributed by atoms with van der Waals surface area (Å²) < 4.78 is 1.69. The van der Waals surface area contributed by atoms with Gasteiger partial charge in [-0.25, -0.2) is 0 Å². The molecule has 0 radical (unpaired) electrons. The van der Waals surface area contributed by atoms with Crippen molar-refractivity contribution >= 4 is 34.1 Å². The molecule has 9 heteroatoms. The summed E-state index contributed by atoms with van der Waals surface area (Å²) in [5.41, 5.74) is 1.81. The van der Waals surface area contributed by atoms with Crippen LogP contribution in [0.1, 0.15) is 10.6 Å². The average Bonchev–Trinajstić information content (AvgIpc) is 3.21. The van der Waals surface area contributed by atoms with Crippen molar-refractivity contribution < 1.29 is 4.92 Å². The van der Waals surface area contributed by atoms with Crippen molar-refractivity contribution in [2.24, 2.45) is 0 Å². The summed E-state index contributed by atoms with van der Waals surface area (Å²) in [6, 6.07) is 10.0. The minimum Gasteiger partial charge on any atom is -0.265 e. The van der Waals surface area contributed by atoms with Gasteiger partial charge in [-0.1, -0.05) is 17.4 Å². The van der Waals surface area contributed by atoms with Crippen LogP contribution in [0.15, 0.2) is 48.8 Å². The maximum Gasteiger partial charge on any atom is 0.269 e. The molecule has 3 heterocycles. The second-order valence-electron chi connectivity index (χ2n) is 5.08. The van der Waals surface area contributed by atoms with Gasteiger partial charge in [0.1, 0.15) is 5.01 Å². The summed E-state index contributed by atoms with van der Waals surface area (Å²) in [6.45, 7) is 0. The lowest BCUT2D eigenvalue weighted by molar-refractivity contribution is -0.384. The van der Waals surface area contributed by atoms with Gasteiger partial charge in [-0.2, -0.15) is 9.61 Å². The van der Waals surface area contributed by atoms with Crippen LogP contribution >= 0.6 is 11.3 Å². The number of hydrogen-bond donors (Lipinski definition) is 0. The van der Waals surface area contributed by atoms with Gasteiger partial charge in [0.2, 0.25) is 4.96 Å². The monoisotopic (exact) mass is 350 g/mol. The van der Waals surface area contributed by atoms with Crippen LogP contribution in [0.2, 0.25) is 0 Å². The van der Waals surface area contributed by atoms with Gasteiger partial charge >= 0.3 is 0 Å². The van der Waals surface area contributed by atoms with Gasteiger partial charge in [0.15, 0.2) is 5.82 Å². The zero-order chi connectivity index (χ0) is 17.2. The molecule has 0 aliphatic carbocycles. The summed E-state index contributed by atoms with van der Waals surface area (Å²) in [7, 11) is 0. The van der Waals surface area contributed by atoms with E-state index in [0.717, 1.165) is 16.1 Å². The molecule has 0 fully saturated rings. The molecule has 0 unspecified atom stereocenters. The summed E-state index contributed by atoms with van der Waals surface area (Å²) >= 11 is 1.41. The molecule has 0 saturated heterocycles. The van der Waals surface area contributed by atoms with E-state index in [2.05, 4.69) is 20.3 Å². The minimum atomic E-state index is -0.420. The molecule has 0 saturated carbocycles. The Kier molecular flexibility index (Phi) is 3.75. The van der Waals surface area contributed by atoms with Gasteiger partial charge in [0, 0.05) is 30.1 Å². The maximum absolute atomic E-state index is 10.7. The van der Waals surface area contributed by atoms with E-state index in [9.17, 15) is 10.1 Å². The summed E-state index contributed by atoms with van der Waals surface area (Å²) in [5.74, 6) is 0.656. The third kappa shape index (κ3) is 3.00. The zero-order valence-electron chi connectivity index (χ0n) is 12.7. The Labute approximate surface area is 145 Å². The third-order valence-corrected chi connectivity index (χ3v) is 4.33. The number of hydrogen-bond acceptors (Lipinski definition) is 7. The van der Waals surface area contributed by atoms with Crippen LogP contribution in [0.3, 0.4) is 0 Å². The van der Waals surface area contributed by atoms with Crippen molar-refractivity contribution in [1.29, 1.82) is 0 Å². The molecule has 1 aromatic carbocycles. The van der Waals surface area contributed by atoms with Crippen molar-refractivity contribution in [2.45, 2.75) is 0 Å². The number of aromatic nitrogens is 5. The predicted octanol–water partition coefficient (Wildman–Crippen LogP) is 3.33. The maximum atomic E-state index is 10.7. The molecule has 4 aromatic rings. The van der Waals surface area contributed by atoms with Crippen LogP contribution in [0, 0.1) is 10.1 Å². The molecule has 0 aliphatic heterocycles. The van der Waals surface area contributed by atoms with Crippen molar-refractivity contribution in [3.05, 3.63) is 69.5 Å². The molecule has 0 amide bonds. The molecule has 25 heavy (non-hydrogen) atoms. The Morgan fingerprint density at radius 1 is 1.04 bits per heavy atom. The fourth-order valence-corrected chi connectivity index (χ4v) is 3.00. The molecular formula is C16H10N6O2S. The highest BCUT2D eigenvalue weighted by molar-refractivity contribution is 7.17. The first-order valence-electron chi connectivity index (χ1n) is 7.26. The Bertz CT molecular complexity index is 1070. The fourth-order valence-electron chi connectivity index (χ4n) is 2.25. The Hall–Kier alpha value is -3.46. The lowest BCUT2D eigenvalue weighted by Crippen LogP contribution is -1.90. The number of non-ortho nitro benzene ring substituents is 1.